The molecule has 0 spiro atoms. The molecule has 20 heavy (non-hydrogen) atoms. The van der Waals surface area contributed by atoms with E-state index in [2.05, 4.69) is 64.3 Å². The SMILES string of the molecule is CCNC1CC2CCC(C1)N2C(C)c1ccc(Br)cc1. The van der Waals surface area contributed by atoms with Crippen molar-refractivity contribution in [1.82, 2.24) is 10.2 Å². The fourth-order valence-corrected chi connectivity index (χ4v) is 4.48. The van der Waals surface area contributed by atoms with E-state index in [1.54, 1.807) is 0 Å². The Morgan fingerprint density at radius 2 is 1.80 bits per heavy atom. The number of hydrogen-bond donors (Lipinski definition) is 1. The Labute approximate surface area is 131 Å². The van der Waals surface area contributed by atoms with Gasteiger partial charge in [-0.3, -0.25) is 4.90 Å². The van der Waals surface area contributed by atoms with E-state index in [0.29, 0.717) is 6.04 Å². The Morgan fingerprint density at radius 3 is 2.35 bits per heavy atom. The number of nitrogens with one attached hydrogen (secondary N) is 1. The molecule has 2 aliphatic rings. The van der Waals surface area contributed by atoms with E-state index < -0.39 is 0 Å². The van der Waals surface area contributed by atoms with Crippen LogP contribution < -0.4 is 5.32 Å². The Hall–Kier alpha value is -0.380. The maximum atomic E-state index is 3.66. The van der Waals surface area contributed by atoms with Crippen molar-refractivity contribution in [2.75, 3.05) is 6.54 Å². The normalized spacial score (nSPS) is 31.4. The number of fused-ring (bicyclic) bond motifs is 2. The Bertz CT molecular complexity index is 431. The zero-order chi connectivity index (χ0) is 14.1. The lowest BCUT2D eigenvalue weighted by molar-refractivity contribution is 0.0775. The first kappa shape index (κ1) is 14.6. The van der Waals surface area contributed by atoms with Crippen molar-refractivity contribution in [1.29, 1.82) is 0 Å². The van der Waals surface area contributed by atoms with Crippen LogP contribution in [0, 0.1) is 0 Å². The molecule has 2 saturated heterocycles. The van der Waals surface area contributed by atoms with Gasteiger partial charge in [-0.2, -0.15) is 0 Å². The van der Waals surface area contributed by atoms with Gasteiger partial charge in [0.1, 0.15) is 0 Å². The van der Waals surface area contributed by atoms with Crippen LogP contribution in [0.15, 0.2) is 28.7 Å². The molecule has 0 radical (unpaired) electrons. The van der Waals surface area contributed by atoms with Gasteiger partial charge in [-0.25, -0.2) is 0 Å². The number of piperidine rings is 1. The highest BCUT2D eigenvalue weighted by Gasteiger charge is 2.42. The third-order valence-electron chi connectivity index (χ3n) is 5.08. The lowest BCUT2D eigenvalue weighted by Gasteiger charge is -2.43. The van der Waals surface area contributed by atoms with Gasteiger partial charge in [0.2, 0.25) is 0 Å². The molecule has 0 aliphatic carbocycles. The lowest BCUT2D eigenvalue weighted by atomic mass is 9.93. The molecule has 0 aromatic heterocycles. The Balaban J connectivity index is 1.73. The van der Waals surface area contributed by atoms with Gasteiger partial charge in [0.05, 0.1) is 0 Å². The minimum absolute atomic E-state index is 0.545. The van der Waals surface area contributed by atoms with Gasteiger partial charge < -0.3 is 5.32 Å². The second-order valence-corrected chi connectivity index (χ2v) is 7.20. The molecular weight excluding hydrogens is 312 g/mol. The second kappa shape index (κ2) is 6.17. The predicted octanol–water partition coefficient (Wildman–Crippen LogP) is 4.12. The summed E-state index contributed by atoms with van der Waals surface area (Å²) in [6, 6.07) is 11.7. The molecule has 2 fully saturated rings. The summed E-state index contributed by atoms with van der Waals surface area (Å²) in [5.41, 5.74) is 1.45. The van der Waals surface area contributed by atoms with Gasteiger partial charge in [-0.05, 0) is 56.8 Å². The van der Waals surface area contributed by atoms with Gasteiger partial charge in [-0.15, -0.1) is 0 Å². The first-order valence-electron chi connectivity index (χ1n) is 7.95. The summed E-state index contributed by atoms with van der Waals surface area (Å²) in [5.74, 6) is 0. The summed E-state index contributed by atoms with van der Waals surface area (Å²) in [5, 5.41) is 3.66. The number of benzene rings is 1. The maximum absolute atomic E-state index is 3.66. The van der Waals surface area contributed by atoms with Gasteiger partial charge >= 0.3 is 0 Å². The Kier molecular flexibility index (Phi) is 4.49. The van der Waals surface area contributed by atoms with E-state index in [1.165, 1.54) is 35.7 Å². The highest BCUT2D eigenvalue weighted by Crippen LogP contribution is 2.41. The van der Waals surface area contributed by atoms with Crippen LogP contribution in [0.25, 0.3) is 0 Å². The van der Waals surface area contributed by atoms with Gasteiger partial charge in [0, 0.05) is 28.6 Å². The molecule has 2 nitrogen and oxygen atoms in total. The molecule has 2 bridgehead atoms. The zero-order valence-electron chi connectivity index (χ0n) is 12.5. The van der Waals surface area contributed by atoms with Crippen LogP contribution >= 0.6 is 15.9 Å². The molecule has 2 heterocycles. The summed E-state index contributed by atoms with van der Waals surface area (Å²) < 4.78 is 1.17. The van der Waals surface area contributed by atoms with Crippen molar-refractivity contribution in [3.8, 4) is 0 Å². The average molecular weight is 337 g/mol. The molecule has 1 aromatic carbocycles. The standard InChI is InChI=1S/C17H25BrN2/c1-3-19-15-10-16-8-9-17(11-15)20(16)12(2)13-4-6-14(18)7-5-13/h4-7,12,15-17,19H,3,8-11H2,1-2H3. The van der Waals surface area contributed by atoms with E-state index >= 15 is 0 Å². The third-order valence-corrected chi connectivity index (χ3v) is 5.61. The molecule has 3 unspecified atom stereocenters. The summed E-state index contributed by atoms with van der Waals surface area (Å²) in [6.07, 6.45) is 5.41. The van der Waals surface area contributed by atoms with Crippen LogP contribution in [0.1, 0.15) is 51.1 Å². The van der Waals surface area contributed by atoms with E-state index in [4.69, 9.17) is 0 Å². The van der Waals surface area contributed by atoms with Crippen molar-refractivity contribution in [2.45, 2.75) is 63.7 Å². The molecule has 3 heteroatoms. The second-order valence-electron chi connectivity index (χ2n) is 6.29. The monoisotopic (exact) mass is 336 g/mol. The van der Waals surface area contributed by atoms with E-state index in [9.17, 15) is 0 Å². The van der Waals surface area contributed by atoms with Crippen LogP contribution in [0.2, 0.25) is 0 Å². The summed E-state index contributed by atoms with van der Waals surface area (Å²) in [4.78, 5) is 2.79. The maximum Gasteiger partial charge on any atom is 0.0325 e. The highest BCUT2D eigenvalue weighted by atomic mass is 79.9. The number of rotatable bonds is 4. The topological polar surface area (TPSA) is 15.3 Å². The van der Waals surface area contributed by atoms with E-state index in [1.807, 2.05) is 0 Å². The fraction of sp³-hybridized carbons (Fsp3) is 0.647. The number of hydrogen-bond acceptors (Lipinski definition) is 2. The first-order valence-corrected chi connectivity index (χ1v) is 8.74. The van der Waals surface area contributed by atoms with Crippen LogP contribution in [-0.2, 0) is 0 Å². The molecule has 1 N–H and O–H groups in total. The first-order chi connectivity index (χ1) is 9.69. The largest absolute Gasteiger partial charge is 0.314 e. The van der Waals surface area contributed by atoms with Gasteiger partial charge in [0.25, 0.3) is 0 Å². The minimum Gasteiger partial charge on any atom is -0.314 e. The van der Waals surface area contributed by atoms with Crippen molar-refractivity contribution >= 4 is 15.9 Å². The van der Waals surface area contributed by atoms with Crippen molar-refractivity contribution in [3.05, 3.63) is 34.3 Å². The summed E-state index contributed by atoms with van der Waals surface area (Å²) >= 11 is 3.53. The third kappa shape index (κ3) is 2.81. The molecule has 3 rings (SSSR count). The molecule has 110 valence electrons. The van der Waals surface area contributed by atoms with Crippen molar-refractivity contribution < 1.29 is 0 Å². The van der Waals surface area contributed by atoms with E-state index in [-0.39, 0.29) is 0 Å². The number of halogens is 1. The van der Waals surface area contributed by atoms with Crippen LogP contribution in [0.5, 0.6) is 0 Å². The van der Waals surface area contributed by atoms with Gasteiger partial charge in [-0.1, -0.05) is 35.0 Å². The van der Waals surface area contributed by atoms with Crippen LogP contribution in [0.4, 0.5) is 0 Å². The van der Waals surface area contributed by atoms with Crippen LogP contribution in [-0.4, -0.2) is 29.6 Å². The molecule has 0 saturated carbocycles. The van der Waals surface area contributed by atoms with Crippen molar-refractivity contribution in [3.63, 3.8) is 0 Å². The molecular formula is C17H25BrN2. The van der Waals surface area contributed by atoms with Crippen LogP contribution in [0.3, 0.4) is 0 Å². The minimum atomic E-state index is 0.545. The quantitative estimate of drug-likeness (QED) is 0.889. The predicted molar refractivity (Wildman–Crippen MR) is 87.9 cm³/mol. The molecule has 0 amide bonds. The molecule has 1 aromatic rings. The lowest BCUT2D eigenvalue weighted by Crippen LogP contribution is -2.49. The smallest absolute Gasteiger partial charge is 0.0325 e. The number of nitrogens with zero attached hydrogens (tertiary/aromatic N) is 1. The Morgan fingerprint density at radius 1 is 1.20 bits per heavy atom. The molecule has 3 atom stereocenters. The molecule has 2 aliphatic heterocycles. The van der Waals surface area contributed by atoms with E-state index in [0.717, 1.165) is 24.7 Å². The van der Waals surface area contributed by atoms with Gasteiger partial charge in [0.15, 0.2) is 0 Å². The summed E-state index contributed by atoms with van der Waals surface area (Å²) in [7, 11) is 0. The average Bonchev–Trinajstić information content (AvgIpc) is 2.71. The summed E-state index contributed by atoms with van der Waals surface area (Å²) in [6.45, 7) is 5.70. The highest BCUT2D eigenvalue weighted by molar-refractivity contribution is 9.10. The zero-order valence-corrected chi connectivity index (χ0v) is 14.1. The van der Waals surface area contributed by atoms with Crippen molar-refractivity contribution in [2.24, 2.45) is 0 Å². The fourth-order valence-electron chi connectivity index (χ4n) is 4.21.